The van der Waals surface area contributed by atoms with Crippen molar-refractivity contribution in [1.82, 2.24) is 0 Å². The molecule has 1 aliphatic rings. The summed E-state index contributed by atoms with van der Waals surface area (Å²) in [6.07, 6.45) is 2.64. The van der Waals surface area contributed by atoms with E-state index in [2.05, 4.69) is 29.6 Å². The molecule has 19 heavy (non-hydrogen) atoms. The Morgan fingerprint density at radius 2 is 2.00 bits per heavy atom. The zero-order chi connectivity index (χ0) is 13.2. The first-order valence-corrected chi connectivity index (χ1v) is 6.80. The molecule has 98 valence electrons. The minimum atomic E-state index is -0.186. The Bertz CT molecular complexity index is 567. The second-order valence-electron chi connectivity index (χ2n) is 5.39. The predicted octanol–water partition coefficient (Wildman–Crippen LogP) is 4.62. The third-order valence-corrected chi connectivity index (χ3v) is 3.54. The highest BCUT2D eigenvalue weighted by Gasteiger charge is 2.23. The SMILES string of the molecule is Cc1cc(F)cc(NCc2cccc(C3CC3)c2)c1. The van der Waals surface area contributed by atoms with Crippen molar-refractivity contribution >= 4 is 5.69 Å². The Kier molecular flexibility index (Phi) is 3.24. The van der Waals surface area contributed by atoms with E-state index >= 15 is 0 Å². The van der Waals surface area contributed by atoms with Gasteiger partial charge in [0, 0.05) is 12.2 Å². The van der Waals surface area contributed by atoms with E-state index in [0.29, 0.717) is 0 Å². The van der Waals surface area contributed by atoms with Crippen LogP contribution < -0.4 is 5.32 Å². The van der Waals surface area contributed by atoms with Crippen molar-refractivity contribution in [2.75, 3.05) is 5.32 Å². The summed E-state index contributed by atoms with van der Waals surface area (Å²) >= 11 is 0. The van der Waals surface area contributed by atoms with Crippen LogP contribution in [-0.4, -0.2) is 0 Å². The lowest BCUT2D eigenvalue weighted by Crippen LogP contribution is -2.00. The molecular weight excluding hydrogens is 237 g/mol. The molecule has 0 aliphatic heterocycles. The quantitative estimate of drug-likeness (QED) is 0.840. The average molecular weight is 255 g/mol. The third-order valence-electron chi connectivity index (χ3n) is 3.54. The van der Waals surface area contributed by atoms with E-state index in [4.69, 9.17) is 0 Å². The van der Waals surface area contributed by atoms with Gasteiger partial charge in [-0.2, -0.15) is 0 Å². The minimum absolute atomic E-state index is 0.186. The van der Waals surface area contributed by atoms with Crippen LogP contribution in [0.25, 0.3) is 0 Å². The minimum Gasteiger partial charge on any atom is -0.381 e. The predicted molar refractivity (Wildman–Crippen MR) is 76.9 cm³/mol. The molecule has 2 aromatic carbocycles. The van der Waals surface area contributed by atoms with Crippen LogP contribution in [0.2, 0.25) is 0 Å². The van der Waals surface area contributed by atoms with Gasteiger partial charge in [-0.05, 0) is 60.6 Å². The van der Waals surface area contributed by atoms with E-state index in [1.54, 1.807) is 6.07 Å². The average Bonchev–Trinajstić information content (AvgIpc) is 3.20. The van der Waals surface area contributed by atoms with Gasteiger partial charge in [-0.3, -0.25) is 0 Å². The fourth-order valence-corrected chi connectivity index (χ4v) is 2.42. The molecule has 1 N–H and O–H groups in total. The van der Waals surface area contributed by atoms with Gasteiger partial charge in [0.2, 0.25) is 0 Å². The molecule has 3 rings (SSSR count). The van der Waals surface area contributed by atoms with E-state index in [1.165, 1.54) is 30.0 Å². The summed E-state index contributed by atoms with van der Waals surface area (Å²) < 4.78 is 13.3. The van der Waals surface area contributed by atoms with E-state index in [-0.39, 0.29) is 5.82 Å². The van der Waals surface area contributed by atoms with Crippen LogP contribution in [0.15, 0.2) is 42.5 Å². The Morgan fingerprint density at radius 1 is 1.16 bits per heavy atom. The lowest BCUT2D eigenvalue weighted by molar-refractivity contribution is 0.627. The van der Waals surface area contributed by atoms with Crippen molar-refractivity contribution in [1.29, 1.82) is 0 Å². The number of hydrogen-bond acceptors (Lipinski definition) is 1. The number of halogens is 1. The molecule has 0 saturated heterocycles. The molecule has 0 bridgehead atoms. The Morgan fingerprint density at radius 3 is 2.74 bits per heavy atom. The fraction of sp³-hybridized carbons (Fsp3) is 0.294. The fourth-order valence-electron chi connectivity index (χ4n) is 2.42. The zero-order valence-corrected chi connectivity index (χ0v) is 11.1. The molecule has 1 fully saturated rings. The molecule has 0 unspecified atom stereocenters. The highest BCUT2D eigenvalue weighted by molar-refractivity contribution is 5.46. The number of hydrogen-bond donors (Lipinski definition) is 1. The van der Waals surface area contributed by atoms with Gasteiger partial charge in [0.25, 0.3) is 0 Å². The normalized spacial score (nSPS) is 14.4. The van der Waals surface area contributed by atoms with Crippen LogP contribution >= 0.6 is 0 Å². The van der Waals surface area contributed by atoms with Crippen LogP contribution in [-0.2, 0) is 6.54 Å². The summed E-state index contributed by atoms with van der Waals surface area (Å²) in [7, 11) is 0. The van der Waals surface area contributed by atoms with Gasteiger partial charge in [-0.1, -0.05) is 24.3 Å². The maximum absolute atomic E-state index is 13.3. The number of nitrogens with one attached hydrogen (secondary N) is 1. The summed E-state index contributed by atoms with van der Waals surface area (Å²) in [5, 5.41) is 3.29. The lowest BCUT2D eigenvalue weighted by atomic mass is 10.1. The topological polar surface area (TPSA) is 12.0 Å². The summed E-state index contributed by atoms with van der Waals surface area (Å²) in [5.41, 5.74) is 4.48. The van der Waals surface area contributed by atoms with Crippen molar-refractivity contribution in [2.24, 2.45) is 0 Å². The van der Waals surface area contributed by atoms with Crippen LogP contribution in [0.3, 0.4) is 0 Å². The number of benzene rings is 2. The van der Waals surface area contributed by atoms with Crippen molar-refractivity contribution in [3.63, 3.8) is 0 Å². The second kappa shape index (κ2) is 5.04. The van der Waals surface area contributed by atoms with Gasteiger partial charge in [0.05, 0.1) is 0 Å². The second-order valence-corrected chi connectivity index (χ2v) is 5.39. The highest BCUT2D eigenvalue weighted by Crippen LogP contribution is 2.40. The highest BCUT2D eigenvalue weighted by atomic mass is 19.1. The van der Waals surface area contributed by atoms with Crippen LogP contribution in [0, 0.1) is 12.7 Å². The first kappa shape index (κ1) is 12.2. The van der Waals surface area contributed by atoms with Crippen LogP contribution in [0.5, 0.6) is 0 Å². The summed E-state index contributed by atoms with van der Waals surface area (Å²) in [6.45, 7) is 2.64. The molecule has 1 saturated carbocycles. The third kappa shape index (κ3) is 3.14. The van der Waals surface area contributed by atoms with Gasteiger partial charge in [0.1, 0.15) is 5.82 Å². The maximum Gasteiger partial charge on any atom is 0.125 e. The Hall–Kier alpha value is -1.83. The molecular formula is C17H18FN. The summed E-state index contributed by atoms with van der Waals surface area (Å²) in [5.74, 6) is 0.589. The van der Waals surface area contributed by atoms with Gasteiger partial charge >= 0.3 is 0 Å². The van der Waals surface area contributed by atoms with E-state index in [9.17, 15) is 4.39 Å². The largest absolute Gasteiger partial charge is 0.381 e. The molecule has 0 spiro atoms. The first-order chi connectivity index (χ1) is 9.20. The van der Waals surface area contributed by atoms with Crippen molar-refractivity contribution in [3.8, 4) is 0 Å². The summed E-state index contributed by atoms with van der Waals surface area (Å²) in [4.78, 5) is 0. The molecule has 1 aliphatic carbocycles. The molecule has 2 heteroatoms. The van der Waals surface area contributed by atoms with Crippen molar-refractivity contribution in [3.05, 3.63) is 65.0 Å². The number of rotatable bonds is 4. The van der Waals surface area contributed by atoms with Crippen LogP contribution in [0.4, 0.5) is 10.1 Å². The van der Waals surface area contributed by atoms with Gasteiger partial charge in [-0.15, -0.1) is 0 Å². The molecule has 0 heterocycles. The number of aryl methyl sites for hydroxylation is 1. The molecule has 0 atom stereocenters. The van der Waals surface area contributed by atoms with Gasteiger partial charge < -0.3 is 5.32 Å². The molecule has 2 aromatic rings. The number of anilines is 1. The van der Waals surface area contributed by atoms with E-state index in [0.717, 1.165) is 23.7 Å². The lowest BCUT2D eigenvalue weighted by Gasteiger charge is -2.09. The van der Waals surface area contributed by atoms with Crippen LogP contribution in [0.1, 0.15) is 35.4 Å². The molecule has 0 amide bonds. The first-order valence-electron chi connectivity index (χ1n) is 6.80. The monoisotopic (exact) mass is 255 g/mol. The standard InChI is InChI=1S/C17H18FN/c1-12-7-16(18)10-17(8-12)19-11-13-3-2-4-15(9-13)14-5-6-14/h2-4,7-10,14,19H,5-6,11H2,1H3. The smallest absolute Gasteiger partial charge is 0.125 e. The zero-order valence-electron chi connectivity index (χ0n) is 11.1. The van der Waals surface area contributed by atoms with E-state index < -0.39 is 0 Å². The van der Waals surface area contributed by atoms with E-state index in [1.807, 2.05) is 13.0 Å². The molecule has 0 radical (unpaired) electrons. The maximum atomic E-state index is 13.3. The molecule has 1 nitrogen and oxygen atoms in total. The Balaban J connectivity index is 1.69. The van der Waals surface area contributed by atoms with Crippen molar-refractivity contribution in [2.45, 2.75) is 32.2 Å². The van der Waals surface area contributed by atoms with Gasteiger partial charge in [-0.25, -0.2) is 4.39 Å². The van der Waals surface area contributed by atoms with Crippen molar-refractivity contribution < 1.29 is 4.39 Å². The Labute approximate surface area is 113 Å². The van der Waals surface area contributed by atoms with Gasteiger partial charge in [0.15, 0.2) is 0 Å². The molecule has 0 aromatic heterocycles. The summed E-state index contributed by atoms with van der Waals surface area (Å²) in [6, 6.07) is 13.7.